The minimum absolute atomic E-state index is 0.761. The van der Waals surface area contributed by atoms with E-state index in [4.69, 9.17) is 5.73 Å². The van der Waals surface area contributed by atoms with E-state index in [9.17, 15) is 0 Å². The summed E-state index contributed by atoms with van der Waals surface area (Å²) in [5, 5.41) is 0. The third kappa shape index (κ3) is 1.78. The molecule has 3 N–H and O–H groups in total. The van der Waals surface area contributed by atoms with Gasteiger partial charge in [-0.15, -0.1) is 0 Å². The number of nitrogens with two attached hydrogens (primary N) is 1. The van der Waals surface area contributed by atoms with Gasteiger partial charge in [-0.3, -0.25) is 0 Å². The molecule has 0 aliphatic rings. The normalized spacial score (nSPS) is 10.7. The number of nitrogens with one attached hydrogen (secondary N) is 1. The molecule has 4 nitrogen and oxygen atoms in total. The van der Waals surface area contributed by atoms with Crippen molar-refractivity contribution in [3.05, 3.63) is 48.5 Å². The number of nitrogen functional groups attached to an aromatic ring is 1. The lowest BCUT2D eigenvalue weighted by Gasteiger charge is -2.15. The zero-order valence-electron chi connectivity index (χ0n) is 10.1. The molecule has 90 valence electrons. The number of hydrogen-bond donors (Lipinski definition) is 2. The van der Waals surface area contributed by atoms with Crippen LogP contribution in [-0.4, -0.2) is 17.0 Å². The van der Waals surface area contributed by atoms with Gasteiger partial charge in [0.15, 0.2) is 0 Å². The Kier molecular flexibility index (Phi) is 2.41. The number of aromatic amines is 1. The molecule has 0 bridgehead atoms. The molecular formula is C14H14N4. The Morgan fingerprint density at radius 2 is 1.78 bits per heavy atom. The van der Waals surface area contributed by atoms with Crippen LogP contribution in [0.2, 0.25) is 0 Å². The van der Waals surface area contributed by atoms with E-state index in [2.05, 4.69) is 9.97 Å². The van der Waals surface area contributed by atoms with E-state index in [1.807, 2.05) is 60.5 Å². The van der Waals surface area contributed by atoms with E-state index >= 15 is 0 Å². The zero-order valence-corrected chi connectivity index (χ0v) is 10.1. The summed E-state index contributed by atoms with van der Waals surface area (Å²) in [6.07, 6.45) is 0. The van der Waals surface area contributed by atoms with Crippen molar-refractivity contribution in [2.24, 2.45) is 0 Å². The third-order valence-electron chi connectivity index (χ3n) is 2.97. The quantitative estimate of drug-likeness (QED) is 0.675. The van der Waals surface area contributed by atoms with Crippen LogP contribution in [0.15, 0.2) is 48.5 Å². The van der Waals surface area contributed by atoms with Gasteiger partial charge in [-0.05, 0) is 36.4 Å². The molecule has 0 atom stereocenters. The van der Waals surface area contributed by atoms with Crippen molar-refractivity contribution in [1.82, 2.24) is 9.97 Å². The van der Waals surface area contributed by atoms with Crippen molar-refractivity contribution in [2.45, 2.75) is 0 Å². The molecule has 2 aromatic carbocycles. The Bertz CT molecular complexity index is 637. The fourth-order valence-electron chi connectivity index (χ4n) is 1.92. The summed E-state index contributed by atoms with van der Waals surface area (Å²) in [5.41, 5.74) is 9.49. The monoisotopic (exact) mass is 238 g/mol. The van der Waals surface area contributed by atoms with Crippen LogP contribution in [0.3, 0.4) is 0 Å². The summed E-state index contributed by atoms with van der Waals surface area (Å²) in [4.78, 5) is 9.84. The minimum atomic E-state index is 0.761. The number of fused-ring (bicyclic) bond motifs is 1. The lowest BCUT2D eigenvalue weighted by Crippen LogP contribution is -2.10. The highest BCUT2D eigenvalue weighted by molar-refractivity contribution is 5.78. The van der Waals surface area contributed by atoms with E-state index in [0.717, 1.165) is 28.4 Å². The number of hydrogen-bond acceptors (Lipinski definition) is 3. The number of H-pyrrole nitrogens is 1. The van der Waals surface area contributed by atoms with Crippen molar-refractivity contribution in [3.63, 3.8) is 0 Å². The van der Waals surface area contributed by atoms with Crippen LogP contribution in [0.25, 0.3) is 11.0 Å². The first-order chi connectivity index (χ1) is 8.74. The number of aromatic nitrogens is 2. The second-order valence-electron chi connectivity index (χ2n) is 4.23. The molecule has 0 aliphatic carbocycles. The van der Waals surface area contributed by atoms with Gasteiger partial charge >= 0.3 is 0 Å². The Morgan fingerprint density at radius 3 is 2.50 bits per heavy atom. The maximum Gasteiger partial charge on any atom is 0.208 e. The van der Waals surface area contributed by atoms with Crippen molar-refractivity contribution < 1.29 is 0 Å². The number of benzene rings is 2. The van der Waals surface area contributed by atoms with Gasteiger partial charge < -0.3 is 15.6 Å². The molecule has 3 aromatic rings. The lowest BCUT2D eigenvalue weighted by atomic mass is 10.3. The molecule has 0 unspecified atom stereocenters. The highest BCUT2D eigenvalue weighted by Crippen LogP contribution is 2.24. The van der Waals surface area contributed by atoms with E-state index in [1.165, 1.54) is 0 Å². The van der Waals surface area contributed by atoms with Crippen LogP contribution in [0.5, 0.6) is 0 Å². The van der Waals surface area contributed by atoms with Gasteiger partial charge in [-0.2, -0.15) is 0 Å². The molecule has 18 heavy (non-hydrogen) atoms. The van der Waals surface area contributed by atoms with Gasteiger partial charge in [0.05, 0.1) is 11.0 Å². The van der Waals surface area contributed by atoms with Gasteiger partial charge in [0.25, 0.3) is 0 Å². The van der Waals surface area contributed by atoms with Gasteiger partial charge in [0.1, 0.15) is 0 Å². The fourth-order valence-corrected chi connectivity index (χ4v) is 1.92. The number of para-hydroxylation sites is 2. The summed E-state index contributed by atoms with van der Waals surface area (Å²) in [6, 6.07) is 15.7. The Morgan fingerprint density at radius 1 is 1.06 bits per heavy atom. The Hall–Kier alpha value is -2.49. The first-order valence-corrected chi connectivity index (χ1v) is 5.78. The van der Waals surface area contributed by atoms with Crippen molar-refractivity contribution in [3.8, 4) is 0 Å². The summed E-state index contributed by atoms with van der Waals surface area (Å²) < 4.78 is 0. The van der Waals surface area contributed by atoms with Crippen molar-refractivity contribution in [1.29, 1.82) is 0 Å². The molecule has 3 rings (SSSR count). The highest BCUT2D eigenvalue weighted by atomic mass is 15.2. The summed E-state index contributed by atoms with van der Waals surface area (Å²) in [5.74, 6) is 0.820. The second kappa shape index (κ2) is 4.07. The zero-order chi connectivity index (χ0) is 12.5. The van der Waals surface area contributed by atoms with Gasteiger partial charge in [-0.25, -0.2) is 4.98 Å². The molecule has 4 heteroatoms. The van der Waals surface area contributed by atoms with Gasteiger partial charge in [0.2, 0.25) is 5.95 Å². The molecular weight excluding hydrogens is 224 g/mol. The number of imidazole rings is 1. The molecule has 0 aliphatic heterocycles. The van der Waals surface area contributed by atoms with Crippen LogP contribution in [-0.2, 0) is 0 Å². The predicted octanol–water partition coefficient (Wildman–Crippen LogP) is 2.91. The first-order valence-electron chi connectivity index (χ1n) is 5.78. The standard InChI is InChI=1S/C14H14N4/c1-18(11-8-6-10(15)7-9-11)14-16-12-4-2-3-5-13(12)17-14/h2-9H,15H2,1H3,(H,16,17). The van der Waals surface area contributed by atoms with Crippen molar-refractivity contribution >= 4 is 28.4 Å². The predicted molar refractivity (Wildman–Crippen MR) is 75.0 cm³/mol. The molecule has 0 fully saturated rings. The SMILES string of the molecule is CN(c1ccc(N)cc1)c1nc2ccccc2[nH]1. The summed E-state index contributed by atoms with van der Waals surface area (Å²) >= 11 is 0. The molecule has 1 aromatic heterocycles. The van der Waals surface area contributed by atoms with Crippen LogP contribution < -0.4 is 10.6 Å². The van der Waals surface area contributed by atoms with Crippen LogP contribution >= 0.6 is 0 Å². The van der Waals surface area contributed by atoms with Crippen LogP contribution in [0, 0.1) is 0 Å². The largest absolute Gasteiger partial charge is 0.399 e. The summed E-state index contributed by atoms with van der Waals surface area (Å²) in [7, 11) is 1.98. The fraction of sp³-hybridized carbons (Fsp3) is 0.0714. The van der Waals surface area contributed by atoms with E-state index in [1.54, 1.807) is 0 Å². The smallest absolute Gasteiger partial charge is 0.208 e. The average molecular weight is 238 g/mol. The average Bonchev–Trinajstić information content (AvgIpc) is 2.82. The molecule has 0 amide bonds. The van der Waals surface area contributed by atoms with Crippen LogP contribution in [0.1, 0.15) is 0 Å². The summed E-state index contributed by atoms with van der Waals surface area (Å²) in [6.45, 7) is 0. The van der Waals surface area contributed by atoms with Gasteiger partial charge in [-0.1, -0.05) is 12.1 Å². The number of rotatable bonds is 2. The maximum absolute atomic E-state index is 5.68. The first kappa shape index (κ1) is 10.7. The Labute approximate surface area is 105 Å². The van der Waals surface area contributed by atoms with Crippen molar-refractivity contribution in [2.75, 3.05) is 17.7 Å². The minimum Gasteiger partial charge on any atom is -0.399 e. The second-order valence-corrected chi connectivity index (χ2v) is 4.23. The lowest BCUT2D eigenvalue weighted by molar-refractivity contribution is 1.11. The highest BCUT2D eigenvalue weighted by Gasteiger charge is 2.08. The van der Waals surface area contributed by atoms with Gasteiger partial charge in [0, 0.05) is 18.4 Å². The molecule has 1 heterocycles. The van der Waals surface area contributed by atoms with Crippen LogP contribution in [0.4, 0.5) is 17.3 Å². The Balaban J connectivity index is 2.00. The van der Waals surface area contributed by atoms with E-state index in [-0.39, 0.29) is 0 Å². The maximum atomic E-state index is 5.68. The molecule has 0 saturated carbocycles. The van der Waals surface area contributed by atoms with E-state index in [0.29, 0.717) is 0 Å². The molecule has 0 spiro atoms. The topological polar surface area (TPSA) is 57.9 Å². The molecule has 0 radical (unpaired) electrons. The van der Waals surface area contributed by atoms with E-state index < -0.39 is 0 Å². The third-order valence-corrected chi connectivity index (χ3v) is 2.97. The number of anilines is 3. The molecule has 0 saturated heterocycles. The number of nitrogens with zero attached hydrogens (tertiary/aromatic N) is 2.